The largest absolute Gasteiger partial charge is 0.398 e. The van der Waals surface area contributed by atoms with E-state index >= 15 is 0 Å². The Morgan fingerprint density at radius 3 is 2.73 bits per heavy atom. The van der Waals surface area contributed by atoms with Gasteiger partial charge < -0.3 is 10.8 Å². The molecule has 2 nitrogen and oxygen atoms in total. The van der Waals surface area contributed by atoms with Gasteiger partial charge in [0.2, 0.25) is 0 Å². The fraction of sp³-hybridized carbons (Fsp3) is 0.111. The summed E-state index contributed by atoms with van der Waals surface area (Å²) >= 11 is 0. The Morgan fingerprint density at radius 1 is 1.36 bits per heavy atom. The van der Waals surface area contributed by atoms with Crippen LogP contribution in [0.3, 0.4) is 0 Å². The number of hydrogen-bond donors (Lipinski definition) is 2. The first kappa shape index (κ1) is 7.82. The van der Waals surface area contributed by atoms with Crippen molar-refractivity contribution in [3.63, 3.8) is 0 Å². The number of rotatable bonds is 2. The molecule has 0 atom stereocenters. The predicted octanol–water partition coefficient (Wildman–Crippen LogP) is 1.27. The summed E-state index contributed by atoms with van der Waals surface area (Å²) in [4.78, 5) is 0. The average molecular weight is 149 g/mol. The fourth-order valence-corrected chi connectivity index (χ4v) is 0.842. The number of nitrogen functional groups attached to an aromatic ring is 1. The molecule has 0 aromatic heterocycles. The summed E-state index contributed by atoms with van der Waals surface area (Å²) in [5.74, 6) is 0. The van der Waals surface area contributed by atoms with E-state index in [1.165, 1.54) is 0 Å². The summed E-state index contributed by atoms with van der Waals surface area (Å²) in [6.45, 7) is 0.0499. The van der Waals surface area contributed by atoms with Gasteiger partial charge in [0, 0.05) is 5.69 Å². The van der Waals surface area contributed by atoms with Gasteiger partial charge in [-0.05, 0) is 11.6 Å². The lowest BCUT2D eigenvalue weighted by molar-refractivity contribution is 0.343. The molecule has 0 aliphatic heterocycles. The molecular weight excluding hydrogens is 138 g/mol. The third-order valence-corrected chi connectivity index (χ3v) is 1.40. The van der Waals surface area contributed by atoms with Gasteiger partial charge in [0.15, 0.2) is 0 Å². The van der Waals surface area contributed by atoms with Crippen LogP contribution in [0.2, 0.25) is 0 Å². The molecule has 0 aliphatic rings. The van der Waals surface area contributed by atoms with E-state index in [-0.39, 0.29) is 6.61 Å². The Hall–Kier alpha value is -1.28. The summed E-state index contributed by atoms with van der Waals surface area (Å²) in [6.07, 6.45) is 3.46. The minimum Gasteiger partial charge on any atom is -0.398 e. The molecule has 0 saturated heterocycles. The van der Waals surface area contributed by atoms with Crippen LogP contribution in [0.5, 0.6) is 0 Å². The second-order valence-electron chi connectivity index (χ2n) is 2.21. The number of para-hydroxylation sites is 1. The maximum Gasteiger partial charge on any atom is 0.0615 e. The van der Waals surface area contributed by atoms with Crippen LogP contribution in [-0.4, -0.2) is 11.7 Å². The lowest BCUT2D eigenvalue weighted by Gasteiger charge is -1.96. The molecule has 0 amide bonds. The monoisotopic (exact) mass is 149 g/mol. The standard InChI is InChI=1S/C9H11NO/c10-9-6-2-1-4-8(9)5-3-7-11/h1-6,11H,7,10H2/b5-3-. The lowest BCUT2D eigenvalue weighted by Crippen LogP contribution is -1.87. The van der Waals surface area contributed by atoms with Crippen molar-refractivity contribution in [3.05, 3.63) is 35.9 Å². The van der Waals surface area contributed by atoms with Gasteiger partial charge in [0.05, 0.1) is 6.61 Å². The molecule has 0 radical (unpaired) electrons. The molecule has 0 saturated carbocycles. The van der Waals surface area contributed by atoms with Gasteiger partial charge in [-0.1, -0.05) is 30.4 Å². The van der Waals surface area contributed by atoms with Crippen LogP contribution in [0, 0.1) is 0 Å². The Morgan fingerprint density at radius 2 is 2.09 bits per heavy atom. The van der Waals surface area contributed by atoms with Crippen LogP contribution >= 0.6 is 0 Å². The van der Waals surface area contributed by atoms with Gasteiger partial charge >= 0.3 is 0 Å². The van der Waals surface area contributed by atoms with Crippen molar-refractivity contribution in [3.8, 4) is 0 Å². The molecule has 1 aromatic rings. The summed E-state index contributed by atoms with van der Waals surface area (Å²) in [7, 11) is 0. The van der Waals surface area contributed by atoms with E-state index in [9.17, 15) is 0 Å². The van der Waals surface area contributed by atoms with Crippen LogP contribution in [0.25, 0.3) is 6.08 Å². The number of anilines is 1. The highest BCUT2D eigenvalue weighted by molar-refractivity contribution is 5.63. The van der Waals surface area contributed by atoms with E-state index in [2.05, 4.69) is 0 Å². The van der Waals surface area contributed by atoms with Crippen molar-refractivity contribution in [1.82, 2.24) is 0 Å². The molecule has 58 valence electrons. The van der Waals surface area contributed by atoms with Crippen LogP contribution in [0.4, 0.5) is 5.69 Å². The second-order valence-corrected chi connectivity index (χ2v) is 2.21. The Labute approximate surface area is 66.0 Å². The SMILES string of the molecule is Nc1ccccc1/C=C\CO. The minimum absolute atomic E-state index is 0.0499. The number of nitrogens with two attached hydrogens (primary N) is 1. The summed E-state index contributed by atoms with van der Waals surface area (Å²) in [5.41, 5.74) is 7.31. The molecule has 1 aromatic carbocycles. The van der Waals surface area contributed by atoms with Gasteiger partial charge in [0.1, 0.15) is 0 Å². The second kappa shape index (κ2) is 3.78. The molecule has 11 heavy (non-hydrogen) atoms. The van der Waals surface area contributed by atoms with E-state index in [4.69, 9.17) is 10.8 Å². The highest BCUT2D eigenvalue weighted by Crippen LogP contribution is 2.11. The molecule has 0 aliphatic carbocycles. The first-order valence-corrected chi connectivity index (χ1v) is 3.46. The van der Waals surface area contributed by atoms with Crippen LogP contribution in [0.1, 0.15) is 5.56 Å². The first-order chi connectivity index (χ1) is 5.34. The molecule has 0 spiro atoms. The van der Waals surface area contributed by atoms with Crippen LogP contribution in [-0.2, 0) is 0 Å². The third kappa shape index (κ3) is 2.09. The summed E-state index contributed by atoms with van der Waals surface area (Å²) < 4.78 is 0. The molecule has 0 bridgehead atoms. The molecule has 2 heteroatoms. The van der Waals surface area contributed by atoms with Gasteiger partial charge in [-0.3, -0.25) is 0 Å². The van der Waals surface area contributed by atoms with Crippen molar-refractivity contribution in [2.24, 2.45) is 0 Å². The molecule has 0 unspecified atom stereocenters. The predicted molar refractivity (Wildman–Crippen MR) is 47.0 cm³/mol. The van der Waals surface area contributed by atoms with Crippen LogP contribution < -0.4 is 5.73 Å². The van der Waals surface area contributed by atoms with Crippen molar-refractivity contribution in [2.45, 2.75) is 0 Å². The van der Waals surface area contributed by atoms with Gasteiger partial charge in [0.25, 0.3) is 0 Å². The van der Waals surface area contributed by atoms with E-state index in [1.54, 1.807) is 12.2 Å². The molecular formula is C9H11NO. The fourth-order valence-electron chi connectivity index (χ4n) is 0.842. The van der Waals surface area contributed by atoms with Crippen molar-refractivity contribution >= 4 is 11.8 Å². The van der Waals surface area contributed by atoms with Gasteiger partial charge in [-0.25, -0.2) is 0 Å². The zero-order valence-corrected chi connectivity index (χ0v) is 6.20. The topological polar surface area (TPSA) is 46.2 Å². The van der Waals surface area contributed by atoms with Gasteiger partial charge in [-0.15, -0.1) is 0 Å². The number of benzene rings is 1. The zero-order chi connectivity index (χ0) is 8.10. The lowest BCUT2D eigenvalue weighted by atomic mass is 10.2. The Balaban J connectivity index is 2.86. The van der Waals surface area contributed by atoms with Crippen molar-refractivity contribution in [1.29, 1.82) is 0 Å². The van der Waals surface area contributed by atoms with E-state index in [0.717, 1.165) is 11.3 Å². The summed E-state index contributed by atoms with van der Waals surface area (Å²) in [5, 5.41) is 8.49. The third-order valence-electron chi connectivity index (χ3n) is 1.40. The number of aliphatic hydroxyl groups excluding tert-OH is 1. The Kier molecular flexibility index (Phi) is 2.69. The molecule has 0 heterocycles. The molecule has 1 rings (SSSR count). The van der Waals surface area contributed by atoms with E-state index in [1.807, 2.05) is 24.3 Å². The Bertz CT molecular complexity index is 255. The average Bonchev–Trinajstić information content (AvgIpc) is 2.03. The summed E-state index contributed by atoms with van der Waals surface area (Å²) in [6, 6.07) is 7.53. The smallest absolute Gasteiger partial charge is 0.0615 e. The zero-order valence-electron chi connectivity index (χ0n) is 6.20. The molecule has 3 N–H and O–H groups in total. The van der Waals surface area contributed by atoms with E-state index in [0.29, 0.717) is 0 Å². The maximum absolute atomic E-state index is 8.49. The van der Waals surface area contributed by atoms with E-state index < -0.39 is 0 Å². The van der Waals surface area contributed by atoms with Crippen LogP contribution in [0.15, 0.2) is 30.3 Å². The minimum atomic E-state index is 0.0499. The quantitative estimate of drug-likeness (QED) is 0.622. The first-order valence-electron chi connectivity index (χ1n) is 3.46. The van der Waals surface area contributed by atoms with Gasteiger partial charge in [-0.2, -0.15) is 0 Å². The normalized spacial score (nSPS) is 10.6. The highest BCUT2D eigenvalue weighted by Gasteiger charge is 1.89. The maximum atomic E-state index is 8.49. The number of hydrogen-bond acceptors (Lipinski definition) is 2. The van der Waals surface area contributed by atoms with Crippen molar-refractivity contribution < 1.29 is 5.11 Å². The highest BCUT2D eigenvalue weighted by atomic mass is 16.2. The molecule has 0 fully saturated rings. The van der Waals surface area contributed by atoms with Crippen molar-refractivity contribution in [2.75, 3.05) is 12.3 Å². The number of aliphatic hydroxyl groups is 1.